The molecule has 0 bridgehead atoms. The van der Waals surface area contributed by atoms with Crippen LogP contribution in [0.4, 0.5) is 0 Å². The van der Waals surface area contributed by atoms with Gasteiger partial charge in [-0.2, -0.15) is 0 Å². The monoisotopic (exact) mass is 320 g/mol. The number of imidazole rings is 1. The minimum Gasteiger partial charge on any atom is -0.480 e. The first kappa shape index (κ1) is 15.5. The van der Waals surface area contributed by atoms with E-state index in [1.807, 2.05) is 0 Å². The van der Waals surface area contributed by atoms with E-state index in [4.69, 9.17) is 0 Å². The van der Waals surface area contributed by atoms with Crippen molar-refractivity contribution in [2.75, 3.05) is 13.1 Å². The van der Waals surface area contributed by atoms with Crippen LogP contribution in [0.2, 0.25) is 0 Å². The average molecular weight is 320 g/mol. The molecule has 3 heterocycles. The van der Waals surface area contributed by atoms with Crippen molar-refractivity contribution in [3.8, 4) is 0 Å². The molecule has 0 unspecified atom stereocenters. The van der Waals surface area contributed by atoms with Gasteiger partial charge in [-0.15, -0.1) is 0 Å². The predicted octanol–water partition coefficient (Wildman–Crippen LogP) is -0.0503. The van der Waals surface area contributed by atoms with Gasteiger partial charge in [-0.1, -0.05) is 0 Å². The van der Waals surface area contributed by atoms with E-state index in [1.165, 1.54) is 4.90 Å². The van der Waals surface area contributed by atoms with Crippen molar-refractivity contribution in [3.05, 3.63) is 18.7 Å². The fourth-order valence-electron chi connectivity index (χ4n) is 3.43. The Morgan fingerprint density at radius 1 is 1.09 bits per heavy atom. The fraction of sp³-hybridized carbons (Fsp3) is 0.600. The molecule has 2 saturated heterocycles. The molecule has 1 aromatic rings. The lowest BCUT2D eigenvalue weighted by Crippen LogP contribution is -2.51. The molecule has 0 aromatic carbocycles. The third-order valence-corrected chi connectivity index (χ3v) is 4.56. The Bertz CT molecular complexity index is 601. The molecule has 3 rings (SSSR count). The lowest BCUT2D eigenvalue weighted by molar-refractivity contribution is -0.151. The zero-order valence-electron chi connectivity index (χ0n) is 12.8. The van der Waals surface area contributed by atoms with E-state index in [0.29, 0.717) is 32.4 Å². The molecule has 2 fully saturated rings. The number of nitrogens with zero attached hydrogens (tertiary/aromatic N) is 4. The van der Waals surface area contributed by atoms with Gasteiger partial charge in [0.15, 0.2) is 0 Å². The second-order valence-electron chi connectivity index (χ2n) is 6.01. The van der Waals surface area contributed by atoms with E-state index >= 15 is 0 Å². The van der Waals surface area contributed by atoms with Crippen molar-refractivity contribution in [1.29, 1.82) is 0 Å². The van der Waals surface area contributed by atoms with Crippen molar-refractivity contribution in [2.24, 2.45) is 0 Å². The second-order valence-corrected chi connectivity index (χ2v) is 6.01. The Labute approximate surface area is 133 Å². The predicted molar refractivity (Wildman–Crippen MR) is 79.3 cm³/mol. The highest BCUT2D eigenvalue weighted by Gasteiger charge is 2.41. The molecule has 8 nitrogen and oxygen atoms in total. The molecule has 2 aliphatic heterocycles. The molecular weight excluding hydrogens is 300 g/mol. The minimum atomic E-state index is -0.967. The molecule has 0 spiro atoms. The number of rotatable bonds is 4. The standard InChI is InChI=1S/C15H20N4O4/c20-13(9-17-8-5-16-10-17)18-6-1-3-11(18)14(21)19-7-2-4-12(19)15(22)23/h5,8,10-12H,1-4,6-7,9H2,(H,22,23)/t11-,12+/m1/s1. The zero-order valence-corrected chi connectivity index (χ0v) is 12.8. The van der Waals surface area contributed by atoms with Gasteiger partial charge >= 0.3 is 5.97 Å². The van der Waals surface area contributed by atoms with Crippen molar-refractivity contribution in [3.63, 3.8) is 0 Å². The van der Waals surface area contributed by atoms with E-state index in [9.17, 15) is 19.5 Å². The summed E-state index contributed by atoms with van der Waals surface area (Å²) in [5.41, 5.74) is 0. The molecule has 0 radical (unpaired) electrons. The average Bonchev–Trinajstić information content (AvgIpc) is 3.26. The van der Waals surface area contributed by atoms with Crippen molar-refractivity contribution < 1.29 is 19.5 Å². The first-order valence-corrected chi connectivity index (χ1v) is 7.86. The molecular formula is C15H20N4O4. The van der Waals surface area contributed by atoms with Gasteiger partial charge in [0.2, 0.25) is 11.8 Å². The molecule has 2 amide bonds. The van der Waals surface area contributed by atoms with Crippen LogP contribution in [0.3, 0.4) is 0 Å². The maximum Gasteiger partial charge on any atom is 0.326 e. The third kappa shape index (κ3) is 3.06. The number of carboxylic acids is 1. The minimum absolute atomic E-state index is 0.134. The van der Waals surface area contributed by atoms with E-state index < -0.39 is 18.1 Å². The quantitative estimate of drug-likeness (QED) is 0.839. The first-order chi connectivity index (χ1) is 11.1. The number of hydrogen-bond donors (Lipinski definition) is 1. The van der Waals surface area contributed by atoms with Gasteiger partial charge in [0, 0.05) is 25.5 Å². The molecule has 2 atom stereocenters. The largest absolute Gasteiger partial charge is 0.480 e. The Balaban J connectivity index is 1.69. The van der Waals surface area contributed by atoms with Crippen LogP contribution in [0.5, 0.6) is 0 Å². The van der Waals surface area contributed by atoms with Crippen LogP contribution in [0.15, 0.2) is 18.7 Å². The Morgan fingerprint density at radius 2 is 1.78 bits per heavy atom. The summed E-state index contributed by atoms with van der Waals surface area (Å²) < 4.78 is 1.66. The molecule has 1 aromatic heterocycles. The van der Waals surface area contributed by atoms with Gasteiger partial charge in [-0.05, 0) is 25.7 Å². The zero-order chi connectivity index (χ0) is 16.4. The van der Waals surface area contributed by atoms with Gasteiger partial charge in [0.25, 0.3) is 0 Å². The van der Waals surface area contributed by atoms with E-state index in [0.717, 1.165) is 6.42 Å². The summed E-state index contributed by atoms with van der Waals surface area (Å²) in [5, 5.41) is 9.24. The van der Waals surface area contributed by atoms with Crippen molar-refractivity contribution in [2.45, 2.75) is 44.3 Å². The second kappa shape index (κ2) is 6.39. The van der Waals surface area contributed by atoms with Crippen LogP contribution < -0.4 is 0 Å². The maximum atomic E-state index is 12.7. The van der Waals surface area contributed by atoms with Gasteiger partial charge in [-0.3, -0.25) is 9.59 Å². The summed E-state index contributed by atoms with van der Waals surface area (Å²) in [5.74, 6) is -1.33. The molecule has 124 valence electrons. The Morgan fingerprint density at radius 3 is 2.43 bits per heavy atom. The van der Waals surface area contributed by atoms with Crippen LogP contribution in [0.1, 0.15) is 25.7 Å². The number of likely N-dealkylation sites (tertiary alicyclic amines) is 2. The van der Waals surface area contributed by atoms with Crippen molar-refractivity contribution in [1.82, 2.24) is 19.4 Å². The van der Waals surface area contributed by atoms with Gasteiger partial charge in [0.05, 0.1) is 6.33 Å². The van der Waals surface area contributed by atoms with Gasteiger partial charge in [-0.25, -0.2) is 9.78 Å². The molecule has 8 heteroatoms. The maximum absolute atomic E-state index is 12.7. The number of hydrogen-bond acceptors (Lipinski definition) is 4. The van der Waals surface area contributed by atoms with Crippen LogP contribution in [0.25, 0.3) is 0 Å². The fourth-order valence-corrected chi connectivity index (χ4v) is 3.43. The lowest BCUT2D eigenvalue weighted by Gasteiger charge is -2.30. The number of carbonyl (C=O) groups is 3. The summed E-state index contributed by atoms with van der Waals surface area (Å²) in [7, 11) is 0. The lowest BCUT2D eigenvalue weighted by atomic mass is 10.1. The van der Waals surface area contributed by atoms with Crippen LogP contribution >= 0.6 is 0 Å². The number of carboxylic acid groups (broad SMARTS) is 1. The SMILES string of the molecule is O=C(O)[C@@H]1CCCN1C(=O)[C@H]1CCCN1C(=O)Cn1ccnc1. The molecule has 23 heavy (non-hydrogen) atoms. The molecule has 2 aliphatic rings. The highest BCUT2D eigenvalue weighted by Crippen LogP contribution is 2.25. The van der Waals surface area contributed by atoms with E-state index in [2.05, 4.69) is 4.98 Å². The molecule has 0 aliphatic carbocycles. The highest BCUT2D eigenvalue weighted by atomic mass is 16.4. The van der Waals surface area contributed by atoms with Crippen LogP contribution in [-0.4, -0.2) is 67.4 Å². The number of carbonyl (C=O) groups excluding carboxylic acids is 2. The number of aliphatic carboxylic acids is 1. The van der Waals surface area contributed by atoms with Gasteiger partial charge in [0.1, 0.15) is 18.6 Å². The smallest absolute Gasteiger partial charge is 0.326 e. The summed E-state index contributed by atoms with van der Waals surface area (Å²) in [4.78, 5) is 43.4. The Hall–Kier alpha value is -2.38. The highest BCUT2D eigenvalue weighted by molar-refractivity contribution is 5.91. The topological polar surface area (TPSA) is 95.7 Å². The Kier molecular flexibility index (Phi) is 4.31. The first-order valence-electron chi connectivity index (χ1n) is 7.86. The third-order valence-electron chi connectivity index (χ3n) is 4.56. The van der Waals surface area contributed by atoms with Crippen LogP contribution in [-0.2, 0) is 20.9 Å². The van der Waals surface area contributed by atoms with E-state index in [1.54, 1.807) is 28.2 Å². The summed E-state index contributed by atoms with van der Waals surface area (Å²) >= 11 is 0. The van der Waals surface area contributed by atoms with Crippen LogP contribution in [0, 0.1) is 0 Å². The van der Waals surface area contributed by atoms with E-state index in [-0.39, 0.29) is 18.4 Å². The number of aromatic nitrogens is 2. The summed E-state index contributed by atoms with van der Waals surface area (Å²) in [6.45, 7) is 1.14. The summed E-state index contributed by atoms with van der Waals surface area (Å²) in [6.07, 6.45) is 7.39. The normalized spacial score (nSPS) is 24.2. The van der Waals surface area contributed by atoms with Crippen molar-refractivity contribution >= 4 is 17.8 Å². The number of amides is 2. The summed E-state index contributed by atoms with van der Waals surface area (Å²) in [6, 6.07) is -1.29. The van der Waals surface area contributed by atoms with Gasteiger partial charge < -0.3 is 19.5 Å². The molecule has 1 N–H and O–H groups in total. The molecule has 0 saturated carbocycles.